The van der Waals surface area contributed by atoms with Crippen molar-refractivity contribution < 1.29 is 27.4 Å². The number of nitrogens with zero attached hydrogens (tertiary/aromatic N) is 5. The van der Waals surface area contributed by atoms with E-state index in [1.165, 1.54) is 14.2 Å². The van der Waals surface area contributed by atoms with Gasteiger partial charge in [0.1, 0.15) is 17.1 Å². The molecule has 4 rings (SSSR count). The Morgan fingerprint density at radius 3 is 2.47 bits per heavy atom. The number of likely N-dealkylation sites (N-methyl/N-ethyl adjacent to an activating group) is 2. The van der Waals surface area contributed by atoms with Gasteiger partial charge < -0.3 is 34.5 Å². The number of hydrogen-bond acceptors (Lipinski definition) is 8. The Kier molecular flexibility index (Phi) is 9.14. The third-order valence-electron chi connectivity index (χ3n) is 6.85. The molecule has 10 nitrogen and oxygen atoms in total. The minimum absolute atomic E-state index is 0.0958. The predicted octanol–water partition coefficient (Wildman–Crippen LogP) is 5.54. The molecule has 2 heterocycles. The van der Waals surface area contributed by atoms with E-state index < -0.39 is 17.6 Å². The van der Waals surface area contributed by atoms with Crippen molar-refractivity contribution in [2.75, 3.05) is 64.0 Å². The molecule has 0 fully saturated rings. The third-order valence-corrected chi connectivity index (χ3v) is 6.85. The molecular formula is C30H34F3N7O3. The van der Waals surface area contributed by atoms with Crippen molar-refractivity contribution in [2.45, 2.75) is 6.18 Å². The van der Waals surface area contributed by atoms with Gasteiger partial charge in [-0.25, -0.2) is 9.97 Å². The van der Waals surface area contributed by atoms with Crippen LogP contribution >= 0.6 is 0 Å². The highest BCUT2D eigenvalue weighted by Gasteiger charge is 2.36. The van der Waals surface area contributed by atoms with E-state index in [0.717, 1.165) is 18.8 Å². The molecule has 43 heavy (non-hydrogen) atoms. The number of alkyl halides is 3. The number of carbonyl (C=O) groups excluding carboxylic acids is 1. The molecule has 0 spiro atoms. The summed E-state index contributed by atoms with van der Waals surface area (Å²) in [4.78, 5) is 24.6. The molecule has 0 atom stereocenters. The lowest BCUT2D eigenvalue weighted by atomic mass is 10.1. The highest BCUT2D eigenvalue weighted by atomic mass is 19.4. The van der Waals surface area contributed by atoms with Gasteiger partial charge in [0.25, 0.3) is 0 Å². The average Bonchev–Trinajstić information content (AvgIpc) is 3.30. The smallest absolute Gasteiger partial charge is 0.419 e. The van der Waals surface area contributed by atoms with Gasteiger partial charge in [-0.15, -0.1) is 0 Å². The number of methoxy groups -OCH3 is 2. The Bertz CT molecular complexity index is 1650. The lowest BCUT2D eigenvalue weighted by Crippen LogP contribution is -2.29. The van der Waals surface area contributed by atoms with E-state index in [1.54, 1.807) is 48.1 Å². The first-order valence-electron chi connectivity index (χ1n) is 13.2. The van der Waals surface area contributed by atoms with Crippen molar-refractivity contribution in [1.82, 2.24) is 19.4 Å². The molecule has 0 aliphatic rings. The van der Waals surface area contributed by atoms with Gasteiger partial charge in [0, 0.05) is 62.7 Å². The fourth-order valence-electron chi connectivity index (χ4n) is 4.56. The summed E-state index contributed by atoms with van der Waals surface area (Å²) in [5.41, 5.74) is 1.12. The van der Waals surface area contributed by atoms with Crippen LogP contribution in [0, 0.1) is 0 Å². The number of anilines is 4. The first-order valence-corrected chi connectivity index (χ1v) is 13.2. The maximum absolute atomic E-state index is 14.2. The van der Waals surface area contributed by atoms with Gasteiger partial charge in [-0.05, 0) is 38.4 Å². The number of hydrogen-bond donors (Lipinski definition) is 2. The molecule has 228 valence electrons. The molecule has 1 amide bonds. The van der Waals surface area contributed by atoms with Crippen LogP contribution in [0.4, 0.5) is 36.2 Å². The zero-order valence-electron chi connectivity index (χ0n) is 24.8. The van der Waals surface area contributed by atoms with Crippen molar-refractivity contribution in [2.24, 2.45) is 7.05 Å². The van der Waals surface area contributed by atoms with Gasteiger partial charge in [0.2, 0.25) is 11.9 Å². The molecular weight excluding hydrogens is 563 g/mol. The molecule has 0 saturated carbocycles. The minimum atomic E-state index is -4.71. The second-order valence-electron chi connectivity index (χ2n) is 10.1. The van der Waals surface area contributed by atoms with Gasteiger partial charge in [-0.3, -0.25) is 4.79 Å². The Morgan fingerprint density at radius 1 is 1.09 bits per heavy atom. The highest BCUT2D eigenvalue weighted by molar-refractivity contribution is 6.02. The van der Waals surface area contributed by atoms with Gasteiger partial charge in [-0.2, -0.15) is 13.2 Å². The van der Waals surface area contributed by atoms with E-state index in [4.69, 9.17) is 9.47 Å². The molecule has 0 bridgehead atoms. The Balaban J connectivity index is 1.82. The van der Waals surface area contributed by atoms with Crippen molar-refractivity contribution in [3.05, 3.63) is 60.9 Å². The normalized spacial score (nSPS) is 11.5. The fraction of sp³-hybridized carbons (Fsp3) is 0.300. The molecule has 2 aromatic heterocycles. The number of aryl methyl sites for hydroxylation is 1. The van der Waals surface area contributed by atoms with Crippen molar-refractivity contribution >= 4 is 39.8 Å². The van der Waals surface area contributed by atoms with E-state index in [2.05, 4.69) is 27.2 Å². The summed E-state index contributed by atoms with van der Waals surface area (Å²) >= 11 is 0. The molecule has 13 heteroatoms. The van der Waals surface area contributed by atoms with E-state index in [0.29, 0.717) is 46.0 Å². The highest BCUT2D eigenvalue weighted by Crippen LogP contribution is 2.41. The Hall–Kier alpha value is -4.78. The van der Waals surface area contributed by atoms with Crippen LogP contribution in [0.5, 0.6) is 11.5 Å². The van der Waals surface area contributed by atoms with Crippen LogP contribution in [0.25, 0.3) is 22.2 Å². The second kappa shape index (κ2) is 12.6. The van der Waals surface area contributed by atoms with E-state index in [1.807, 2.05) is 30.9 Å². The number of rotatable bonds is 11. The number of amides is 1. The molecule has 2 aromatic carbocycles. The van der Waals surface area contributed by atoms with Gasteiger partial charge in [-0.1, -0.05) is 6.58 Å². The number of ether oxygens (including phenoxy) is 2. The summed E-state index contributed by atoms with van der Waals surface area (Å²) in [6.07, 6.45) is -1.22. The van der Waals surface area contributed by atoms with Crippen molar-refractivity contribution in [1.29, 1.82) is 0 Å². The average molecular weight is 598 g/mol. The van der Waals surface area contributed by atoms with Crippen molar-refractivity contribution in [3.63, 3.8) is 0 Å². The van der Waals surface area contributed by atoms with E-state index in [9.17, 15) is 18.0 Å². The van der Waals surface area contributed by atoms with E-state index >= 15 is 0 Å². The summed E-state index contributed by atoms with van der Waals surface area (Å²) in [5.74, 6) is 0.412. The predicted molar refractivity (Wildman–Crippen MR) is 162 cm³/mol. The summed E-state index contributed by atoms with van der Waals surface area (Å²) in [7, 11) is 10.5. The molecule has 0 saturated heterocycles. The summed E-state index contributed by atoms with van der Waals surface area (Å²) in [6.45, 7) is 4.91. The van der Waals surface area contributed by atoms with Crippen LogP contribution in [0.15, 0.2) is 55.4 Å². The number of fused-ring (bicyclic) bond motifs is 1. The topological polar surface area (TPSA) is 96.8 Å². The lowest BCUT2D eigenvalue weighted by Gasteiger charge is -2.26. The first-order chi connectivity index (χ1) is 20.4. The lowest BCUT2D eigenvalue weighted by molar-refractivity contribution is -0.137. The maximum atomic E-state index is 14.2. The van der Waals surface area contributed by atoms with Crippen molar-refractivity contribution in [3.8, 4) is 22.8 Å². The van der Waals surface area contributed by atoms with Crippen LogP contribution in [0.2, 0.25) is 0 Å². The quantitative estimate of drug-likeness (QED) is 0.218. The van der Waals surface area contributed by atoms with Gasteiger partial charge >= 0.3 is 6.18 Å². The standard InChI is InChI=1S/C30H34F3N7O3/c1-8-27(41)35-22-14-23(26(43-7)15-25(22)39(4)12-11-38(2)3)36-29-34-16-21(30(31,32)33)28(37-29)20-17-40(5)24-13-18(42-6)9-10-19(20)24/h8-10,13-17H,1,11-12H2,2-7H3,(H,35,41)(H,34,36,37). The third kappa shape index (κ3) is 6.83. The van der Waals surface area contributed by atoms with Crippen LogP contribution in [0.3, 0.4) is 0 Å². The maximum Gasteiger partial charge on any atom is 0.419 e. The molecule has 0 aliphatic heterocycles. The van der Waals surface area contributed by atoms with Crippen LogP contribution in [-0.4, -0.2) is 73.8 Å². The molecule has 0 radical (unpaired) electrons. The SMILES string of the molecule is C=CC(=O)Nc1cc(Nc2ncc(C(F)(F)F)c(-c3cn(C)c4cc(OC)ccc34)n2)c(OC)cc1N(C)CCN(C)C. The molecule has 0 aliphatic carbocycles. The summed E-state index contributed by atoms with van der Waals surface area (Å²) in [6, 6.07) is 8.46. The van der Waals surface area contributed by atoms with Gasteiger partial charge in [0.05, 0.1) is 42.5 Å². The second-order valence-corrected chi connectivity index (χ2v) is 10.1. The summed E-state index contributed by atoms with van der Waals surface area (Å²) < 4.78 is 55.1. The number of aromatic nitrogens is 3. The number of benzene rings is 2. The van der Waals surface area contributed by atoms with Crippen LogP contribution < -0.4 is 25.0 Å². The first kappa shape index (κ1) is 31.2. The van der Waals surface area contributed by atoms with Crippen LogP contribution in [-0.2, 0) is 18.0 Å². The number of carbonyl (C=O) groups is 1. The Morgan fingerprint density at radius 2 is 1.84 bits per heavy atom. The number of halogens is 3. The summed E-state index contributed by atoms with van der Waals surface area (Å²) in [5, 5.41) is 6.35. The molecule has 2 N–H and O–H groups in total. The number of nitrogens with one attached hydrogen (secondary N) is 2. The zero-order chi connectivity index (χ0) is 31.5. The van der Waals surface area contributed by atoms with Crippen LogP contribution in [0.1, 0.15) is 5.56 Å². The zero-order valence-corrected chi connectivity index (χ0v) is 24.8. The van der Waals surface area contributed by atoms with E-state index in [-0.39, 0.29) is 17.2 Å². The van der Waals surface area contributed by atoms with Gasteiger partial charge in [0.15, 0.2) is 0 Å². The fourth-order valence-corrected chi connectivity index (χ4v) is 4.56. The Labute approximate surface area is 247 Å². The molecule has 0 unspecified atom stereocenters. The monoisotopic (exact) mass is 597 g/mol. The largest absolute Gasteiger partial charge is 0.497 e. The minimum Gasteiger partial charge on any atom is -0.497 e. The molecule has 4 aromatic rings.